The van der Waals surface area contributed by atoms with Gasteiger partial charge in [0.05, 0.1) is 49.8 Å². The van der Waals surface area contributed by atoms with Crippen molar-refractivity contribution in [2.75, 3.05) is 53.2 Å². The number of hydrazine groups is 1. The van der Waals surface area contributed by atoms with Crippen molar-refractivity contribution in [2.24, 2.45) is 17.1 Å². The molecule has 42 heavy (non-hydrogen) atoms. The number of hydrogen-bond acceptors (Lipinski definition) is 8. The summed E-state index contributed by atoms with van der Waals surface area (Å²) in [6.07, 6.45) is 4.88. The number of piperidine rings is 1. The van der Waals surface area contributed by atoms with Crippen molar-refractivity contribution in [1.82, 2.24) is 29.6 Å². The van der Waals surface area contributed by atoms with Gasteiger partial charge in [-0.25, -0.2) is 15.6 Å². The van der Waals surface area contributed by atoms with Crippen LogP contribution in [-0.2, 0) is 22.2 Å². The predicted molar refractivity (Wildman–Crippen MR) is 152 cm³/mol. The molecule has 4 N–H and O–H groups in total. The fourth-order valence-corrected chi connectivity index (χ4v) is 7.52. The van der Waals surface area contributed by atoms with E-state index in [0.29, 0.717) is 44.4 Å². The van der Waals surface area contributed by atoms with Crippen LogP contribution < -0.4 is 22.3 Å². The molecular weight excluding hydrogens is 551 g/mol. The first-order valence-corrected chi connectivity index (χ1v) is 15.3. The molecule has 3 atom stereocenters. The number of nitrogens with two attached hydrogens (primary N) is 1. The molecule has 2 aromatic rings. The van der Waals surface area contributed by atoms with E-state index in [4.69, 9.17) is 15.2 Å². The Labute approximate surface area is 244 Å². The van der Waals surface area contributed by atoms with Crippen LogP contribution in [0.25, 0.3) is 5.52 Å². The second-order valence-electron chi connectivity index (χ2n) is 12.8. The maximum absolute atomic E-state index is 14.3. The molecule has 0 bridgehead atoms. The van der Waals surface area contributed by atoms with E-state index in [1.807, 2.05) is 0 Å². The van der Waals surface area contributed by atoms with Gasteiger partial charge in [0.15, 0.2) is 0 Å². The maximum atomic E-state index is 14.3. The summed E-state index contributed by atoms with van der Waals surface area (Å²) < 4.78 is 57.3. The fourth-order valence-electron chi connectivity index (χ4n) is 7.52. The Kier molecular flexibility index (Phi) is 8.71. The van der Waals surface area contributed by atoms with Gasteiger partial charge >= 0.3 is 11.9 Å². The number of nitrogens with one attached hydrogen (secondary N) is 2. The molecule has 2 aromatic heterocycles. The molecule has 4 fully saturated rings. The summed E-state index contributed by atoms with van der Waals surface area (Å²) in [6.45, 7) is 4.92. The van der Waals surface area contributed by atoms with E-state index >= 15 is 0 Å². The standard InChI is InChI=1S/C29H44F3N7O3/c1-36-19-34-35-26(36)13-28(17-41-18-28)21-3-2-4-22(12-21)38-16-25-24(29(30,31)32)11-20(15-39(25)27(38)40)14-37-8-5-23(6-9-37)42-10-7-33/h11,15-16,21-23,26,34-35H,2-10,12-14,17-19,33H2,1H3. The van der Waals surface area contributed by atoms with E-state index in [0.717, 1.165) is 64.7 Å². The highest BCUT2D eigenvalue weighted by atomic mass is 19.4. The SMILES string of the molecule is CN1CNNC1CC1(C2CCCC(n3cc4c(C(F)(F)F)cc(CN5CCC(OCCN)CC5)cn4c3=O)C2)COC1. The Morgan fingerprint density at radius 2 is 1.95 bits per heavy atom. The first-order valence-electron chi connectivity index (χ1n) is 15.3. The number of nitrogens with zero attached hydrogens (tertiary/aromatic N) is 4. The van der Waals surface area contributed by atoms with Crippen molar-refractivity contribution in [3.8, 4) is 0 Å². The number of alkyl halides is 3. The molecule has 0 spiro atoms. The van der Waals surface area contributed by atoms with Crippen molar-refractivity contribution in [2.45, 2.75) is 76.0 Å². The van der Waals surface area contributed by atoms with Gasteiger partial charge in [0.2, 0.25) is 0 Å². The van der Waals surface area contributed by atoms with Gasteiger partial charge in [0.1, 0.15) is 0 Å². The van der Waals surface area contributed by atoms with E-state index in [-0.39, 0.29) is 29.2 Å². The van der Waals surface area contributed by atoms with Crippen LogP contribution in [-0.4, -0.2) is 84.2 Å². The van der Waals surface area contributed by atoms with E-state index in [1.165, 1.54) is 16.7 Å². The summed E-state index contributed by atoms with van der Waals surface area (Å²) in [5, 5.41) is 0. The van der Waals surface area contributed by atoms with Crippen LogP contribution in [0.15, 0.2) is 23.3 Å². The fraction of sp³-hybridized carbons (Fsp3) is 0.759. The number of imidazole rings is 1. The van der Waals surface area contributed by atoms with Crippen LogP contribution in [0.4, 0.5) is 13.2 Å². The third kappa shape index (κ3) is 6.01. The molecule has 10 nitrogen and oxygen atoms in total. The van der Waals surface area contributed by atoms with E-state index in [1.54, 1.807) is 10.8 Å². The van der Waals surface area contributed by atoms with Crippen molar-refractivity contribution in [3.63, 3.8) is 0 Å². The van der Waals surface area contributed by atoms with Crippen LogP contribution in [0.1, 0.15) is 62.1 Å². The van der Waals surface area contributed by atoms with E-state index < -0.39 is 17.4 Å². The van der Waals surface area contributed by atoms with E-state index in [9.17, 15) is 18.0 Å². The van der Waals surface area contributed by atoms with Gasteiger partial charge in [-0.3, -0.25) is 18.8 Å². The monoisotopic (exact) mass is 595 g/mol. The zero-order chi connectivity index (χ0) is 29.5. The molecule has 6 rings (SSSR count). The number of pyridine rings is 1. The number of fused-ring (bicyclic) bond motifs is 1. The van der Waals surface area contributed by atoms with Gasteiger partial charge in [-0.1, -0.05) is 6.42 Å². The minimum atomic E-state index is -4.57. The van der Waals surface area contributed by atoms with Crippen molar-refractivity contribution >= 4 is 5.52 Å². The molecule has 5 heterocycles. The number of rotatable bonds is 9. The summed E-state index contributed by atoms with van der Waals surface area (Å²) in [4.78, 5) is 18.1. The van der Waals surface area contributed by atoms with Crippen molar-refractivity contribution in [1.29, 1.82) is 0 Å². The second kappa shape index (κ2) is 12.2. The molecule has 3 unspecified atom stereocenters. The minimum absolute atomic E-state index is 0.00644. The van der Waals surface area contributed by atoms with Gasteiger partial charge in [-0.2, -0.15) is 13.2 Å². The minimum Gasteiger partial charge on any atom is -0.380 e. The molecule has 13 heteroatoms. The first-order chi connectivity index (χ1) is 20.2. The summed E-state index contributed by atoms with van der Waals surface area (Å²) >= 11 is 0. The lowest BCUT2D eigenvalue weighted by Crippen LogP contribution is -2.54. The highest BCUT2D eigenvalue weighted by Gasteiger charge is 2.49. The smallest absolute Gasteiger partial charge is 0.380 e. The summed E-state index contributed by atoms with van der Waals surface area (Å²) in [5.41, 5.74) is 11.3. The third-order valence-corrected chi connectivity index (χ3v) is 9.98. The molecule has 1 aliphatic carbocycles. The first kappa shape index (κ1) is 30.0. The van der Waals surface area contributed by atoms with Crippen molar-refractivity contribution in [3.05, 3.63) is 40.1 Å². The quantitative estimate of drug-likeness (QED) is 0.407. The molecule has 0 amide bonds. The third-order valence-electron chi connectivity index (χ3n) is 9.98. The van der Waals surface area contributed by atoms with Gasteiger partial charge in [0.25, 0.3) is 0 Å². The summed E-state index contributed by atoms with van der Waals surface area (Å²) in [6, 6.07) is 1.08. The Morgan fingerprint density at radius 1 is 1.17 bits per heavy atom. The van der Waals surface area contributed by atoms with Gasteiger partial charge in [-0.15, -0.1) is 0 Å². The van der Waals surface area contributed by atoms with Crippen molar-refractivity contribution < 1.29 is 22.6 Å². The average molecular weight is 596 g/mol. The normalized spacial score (nSPS) is 28.0. The lowest BCUT2D eigenvalue weighted by atomic mass is 9.64. The molecule has 0 aromatic carbocycles. The number of ether oxygens (including phenoxy) is 2. The zero-order valence-corrected chi connectivity index (χ0v) is 24.4. The topological polar surface area (TPSA) is 101 Å². The van der Waals surface area contributed by atoms with Gasteiger partial charge in [-0.05, 0) is 63.1 Å². The lowest BCUT2D eigenvalue weighted by molar-refractivity contribution is -0.167. The Balaban J connectivity index is 1.23. The van der Waals surface area contributed by atoms with Crippen LogP contribution >= 0.6 is 0 Å². The lowest BCUT2D eigenvalue weighted by Gasteiger charge is -2.51. The largest absolute Gasteiger partial charge is 0.418 e. The highest BCUT2D eigenvalue weighted by molar-refractivity contribution is 5.56. The zero-order valence-electron chi connectivity index (χ0n) is 24.4. The highest BCUT2D eigenvalue weighted by Crippen LogP contribution is 2.49. The Bertz CT molecular complexity index is 1290. The number of halogens is 3. The maximum Gasteiger partial charge on any atom is 0.418 e. The van der Waals surface area contributed by atoms with Crippen LogP contribution in [0.3, 0.4) is 0 Å². The Morgan fingerprint density at radius 3 is 2.60 bits per heavy atom. The molecule has 3 aliphatic heterocycles. The Hall–Kier alpha value is -2.00. The van der Waals surface area contributed by atoms with E-state index in [2.05, 4.69) is 27.7 Å². The van der Waals surface area contributed by atoms with Crippen LogP contribution in [0.5, 0.6) is 0 Å². The molecule has 0 radical (unpaired) electrons. The number of likely N-dealkylation sites (tertiary alicyclic amines) is 1. The summed E-state index contributed by atoms with van der Waals surface area (Å²) in [5.74, 6) is 0.338. The predicted octanol–water partition coefficient (Wildman–Crippen LogP) is 2.52. The molecule has 4 aliphatic rings. The molecule has 234 valence electrons. The molecule has 3 saturated heterocycles. The number of hydrogen-bond donors (Lipinski definition) is 3. The summed E-state index contributed by atoms with van der Waals surface area (Å²) in [7, 11) is 2.08. The van der Waals surface area contributed by atoms with Gasteiger partial charge in [0, 0.05) is 50.0 Å². The van der Waals surface area contributed by atoms with Gasteiger partial charge < -0.3 is 15.2 Å². The van der Waals surface area contributed by atoms with Crippen LogP contribution in [0, 0.1) is 11.3 Å². The van der Waals surface area contributed by atoms with Crippen LogP contribution in [0.2, 0.25) is 0 Å². The average Bonchev–Trinajstić information content (AvgIpc) is 3.51. The molecule has 1 saturated carbocycles. The second-order valence-corrected chi connectivity index (χ2v) is 12.8. The molecular formula is C29H44F3N7O3. The number of aromatic nitrogens is 2.